The van der Waals surface area contributed by atoms with Gasteiger partial charge in [-0.3, -0.25) is 4.79 Å². The molecule has 1 saturated carbocycles. The molecule has 2 nitrogen and oxygen atoms in total. The molecule has 1 fully saturated rings. The summed E-state index contributed by atoms with van der Waals surface area (Å²) in [6, 6.07) is 6.28. The van der Waals surface area contributed by atoms with Gasteiger partial charge in [0.15, 0.2) is 6.29 Å². The lowest BCUT2D eigenvalue weighted by Gasteiger charge is -2.25. The number of rotatable bonds is 5. The van der Waals surface area contributed by atoms with Crippen LogP contribution in [-0.4, -0.2) is 18.9 Å². The molecule has 1 aliphatic carbocycles. The second kappa shape index (κ2) is 4.88. The van der Waals surface area contributed by atoms with Gasteiger partial charge in [0, 0.05) is 18.3 Å². The third-order valence-corrected chi connectivity index (χ3v) is 3.24. The number of carbonyl (C=O) groups excluding carboxylic acids is 1. The normalized spacial score (nSPS) is 14.9. The second-order valence-electron chi connectivity index (χ2n) is 4.22. The summed E-state index contributed by atoms with van der Waals surface area (Å²) in [7, 11) is 0. The molecular formula is C13H16ClNO. The molecule has 0 heterocycles. The van der Waals surface area contributed by atoms with E-state index < -0.39 is 0 Å². The third kappa shape index (κ3) is 2.22. The largest absolute Gasteiger partial charge is 0.368 e. The lowest BCUT2D eigenvalue weighted by Crippen LogP contribution is -2.27. The van der Waals surface area contributed by atoms with Gasteiger partial charge in [-0.2, -0.15) is 0 Å². The molecule has 1 aliphatic rings. The summed E-state index contributed by atoms with van der Waals surface area (Å²) >= 11 is 6.04. The summed E-state index contributed by atoms with van der Waals surface area (Å²) in [5.74, 6) is 0. The Kier molecular flexibility index (Phi) is 3.49. The summed E-state index contributed by atoms with van der Waals surface area (Å²) in [6.07, 6.45) is 4.40. The first-order valence-corrected chi connectivity index (χ1v) is 6.16. The topological polar surface area (TPSA) is 20.3 Å². The van der Waals surface area contributed by atoms with Crippen molar-refractivity contribution in [2.24, 2.45) is 0 Å². The minimum absolute atomic E-state index is 0.550. The highest BCUT2D eigenvalue weighted by atomic mass is 35.5. The van der Waals surface area contributed by atoms with E-state index in [2.05, 4.69) is 11.8 Å². The lowest BCUT2D eigenvalue weighted by atomic mass is 10.1. The molecule has 1 aromatic carbocycles. The van der Waals surface area contributed by atoms with Crippen LogP contribution >= 0.6 is 11.6 Å². The van der Waals surface area contributed by atoms with Gasteiger partial charge in [0.1, 0.15) is 0 Å². The fourth-order valence-corrected chi connectivity index (χ4v) is 2.23. The average molecular weight is 238 g/mol. The van der Waals surface area contributed by atoms with Crippen LogP contribution in [0.3, 0.4) is 0 Å². The van der Waals surface area contributed by atoms with Crippen molar-refractivity contribution in [3.05, 3.63) is 28.8 Å². The van der Waals surface area contributed by atoms with Gasteiger partial charge in [0.2, 0.25) is 0 Å². The number of hydrogen-bond acceptors (Lipinski definition) is 2. The predicted molar refractivity (Wildman–Crippen MR) is 67.5 cm³/mol. The van der Waals surface area contributed by atoms with Crippen LogP contribution in [0.15, 0.2) is 18.2 Å². The zero-order chi connectivity index (χ0) is 11.5. The van der Waals surface area contributed by atoms with E-state index in [1.54, 1.807) is 6.07 Å². The Morgan fingerprint density at radius 1 is 1.50 bits per heavy atom. The van der Waals surface area contributed by atoms with E-state index in [9.17, 15) is 4.79 Å². The van der Waals surface area contributed by atoms with Crippen LogP contribution in [0.1, 0.15) is 36.5 Å². The van der Waals surface area contributed by atoms with Gasteiger partial charge < -0.3 is 4.90 Å². The summed E-state index contributed by atoms with van der Waals surface area (Å²) < 4.78 is 0. The number of anilines is 1. The van der Waals surface area contributed by atoms with Crippen LogP contribution < -0.4 is 4.90 Å². The number of hydrogen-bond donors (Lipinski definition) is 0. The average Bonchev–Trinajstić information content (AvgIpc) is 3.09. The van der Waals surface area contributed by atoms with Crippen LogP contribution in [0.2, 0.25) is 5.02 Å². The standard InChI is InChI=1S/C13H16ClNO/c1-2-8-15(10-6-7-10)13-5-3-4-12(14)11(13)9-16/h3-5,9-10H,2,6-8H2,1H3. The van der Waals surface area contributed by atoms with E-state index in [0.29, 0.717) is 16.6 Å². The molecule has 86 valence electrons. The van der Waals surface area contributed by atoms with Gasteiger partial charge in [0.25, 0.3) is 0 Å². The summed E-state index contributed by atoms with van der Waals surface area (Å²) in [4.78, 5) is 13.4. The van der Waals surface area contributed by atoms with E-state index in [0.717, 1.165) is 24.9 Å². The number of carbonyl (C=O) groups is 1. The molecule has 0 bridgehead atoms. The maximum Gasteiger partial charge on any atom is 0.153 e. The van der Waals surface area contributed by atoms with E-state index in [1.807, 2.05) is 12.1 Å². The van der Waals surface area contributed by atoms with Gasteiger partial charge in [-0.25, -0.2) is 0 Å². The molecule has 0 spiro atoms. The molecule has 3 heteroatoms. The SMILES string of the molecule is CCCN(c1cccc(Cl)c1C=O)C1CC1. The molecule has 0 saturated heterocycles. The van der Waals surface area contributed by atoms with Crippen molar-refractivity contribution in [3.8, 4) is 0 Å². The van der Waals surface area contributed by atoms with Crippen LogP contribution in [0.4, 0.5) is 5.69 Å². The first-order valence-electron chi connectivity index (χ1n) is 5.78. The van der Waals surface area contributed by atoms with E-state index >= 15 is 0 Å². The van der Waals surface area contributed by atoms with Gasteiger partial charge >= 0.3 is 0 Å². The quantitative estimate of drug-likeness (QED) is 0.731. The fraction of sp³-hybridized carbons (Fsp3) is 0.462. The molecule has 0 unspecified atom stereocenters. The monoisotopic (exact) mass is 237 g/mol. The number of aldehydes is 1. The van der Waals surface area contributed by atoms with Crippen molar-refractivity contribution in [2.45, 2.75) is 32.2 Å². The van der Waals surface area contributed by atoms with E-state index in [-0.39, 0.29) is 0 Å². The molecule has 0 N–H and O–H groups in total. The first kappa shape index (κ1) is 11.5. The molecule has 0 aliphatic heterocycles. The Hall–Kier alpha value is -1.02. The Balaban J connectivity index is 2.35. The smallest absolute Gasteiger partial charge is 0.153 e. The second-order valence-corrected chi connectivity index (χ2v) is 4.62. The highest BCUT2D eigenvalue weighted by Gasteiger charge is 2.30. The molecule has 2 rings (SSSR count). The lowest BCUT2D eigenvalue weighted by molar-refractivity contribution is 0.112. The molecule has 0 radical (unpaired) electrons. The van der Waals surface area contributed by atoms with Crippen molar-refractivity contribution in [1.29, 1.82) is 0 Å². The number of nitrogens with zero attached hydrogens (tertiary/aromatic N) is 1. The maximum absolute atomic E-state index is 11.1. The zero-order valence-electron chi connectivity index (χ0n) is 9.45. The van der Waals surface area contributed by atoms with Crippen LogP contribution in [0.5, 0.6) is 0 Å². The molecular weight excluding hydrogens is 222 g/mol. The Morgan fingerprint density at radius 2 is 2.25 bits per heavy atom. The Bertz CT molecular complexity index is 388. The van der Waals surface area contributed by atoms with Crippen molar-refractivity contribution in [1.82, 2.24) is 0 Å². The number of benzene rings is 1. The Morgan fingerprint density at radius 3 is 2.81 bits per heavy atom. The van der Waals surface area contributed by atoms with Crippen molar-refractivity contribution < 1.29 is 4.79 Å². The van der Waals surface area contributed by atoms with Crippen LogP contribution in [-0.2, 0) is 0 Å². The summed E-state index contributed by atoms with van der Waals surface area (Å²) in [5.41, 5.74) is 1.62. The first-order chi connectivity index (χ1) is 7.77. The van der Waals surface area contributed by atoms with Crippen LogP contribution in [0, 0.1) is 0 Å². The van der Waals surface area contributed by atoms with Crippen LogP contribution in [0.25, 0.3) is 0 Å². The van der Waals surface area contributed by atoms with Gasteiger partial charge in [-0.15, -0.1) is 0 Å². The molecule has 0 atom stereocenters. The fourth-order valence-electron chi connectivity index (χ4n) is 2.02. The maximum atomic E-state index is 11.1. The molecule has 16 heavy (non-hydrogen) atoms. The van der Waals surface area contributed by atoms with Gasteiger partial charge in [-0.1, -0.05) is 24.6 Å². The predicted octanol–water partition coefficient (Wildman–Crippen LogP) is 3.53. The third-order valence-electron chi connectivity index (χ3n) is 2.91. The molecule has 1 aromatic rings. The zero-order valence-corrected chi connectivity index (χ0v) is 10.2. The number of halogens is 1. The highest BCUT2D eigenvalue weighted by Crippen LogP contribution is 2.35. The summed E-state index contributed by atoms with van der Waals surface area (Å²) in [6.45, 7) is 3.15. The minimum atomic E-state index is 0.550. The van der Waals surface area contributed by atoms with E-state index in [4.69, 9.17) is 11.6 Å². The Labute approximate surface area is 101 Å². The van der Waals surface area contributed by atoms with Gasteiger partial charge in [0.05, 0.1) is 10.6 Å². The van der Waals surface area contributed by atoms with Gasteiger partial charge in [-0.05, 0) is 31.4 Å². The summed E-state index contributed by atoms with van der Waals surface area (Å²) in [5, 5.41) is 0.550. The van der Waals surface area contributed by atoms with Crippen molar-refractivity contribution in [2.75, 3.05) is 11.4 Å². The van der Waals surface area contributed by atoms with Crippen molar-refractivity contribution >= 4 is 23.6 Å². The molecule has 0 amide bonds. The molecule has 0 aromatic heterocycles. The highest BCUT2D eigenvalue weighted by molar-refractivity contribution is 6.33. The van der Waals surface area contributed by atoms with E-state index in [1.165, 1.54) is 12.8 Å². The van der Waals surface area contributed by atoms with Crippen molar-refractivity contribution in [3.63, 3.8) is 0 Å². The minimum Gasteiger partial charge on any atom is -0.368 e.